The lowest BCUT2D eigenvalue weighted by Gasteiger charge is -2.15. The Morgan fingerprint density at radius 3 is 2.94 bits per heavy atom. The summed E-state index contributed by atoms with van der Waals surface area (Å²) in [5.74, 6) is 0.270. The molecule has 0 amide bonds. The van der Waals surface area contributed by atoms with Crippen molar-refractivity contribution in [1.82, 2.24) is 4.98 Å². The molecule has 2 heterocycles. The van der Waals surface area contributed by atoms with Crippen LogP contribution in [0.15, 0.2) is 29.0 Å². The molecule has 0 spiro atoms. The Labute approximate surface area is 95.6 Å². The van der Waals surface area contributed by atoms with Gasteiger partial charge >= 0.3 is 0 Å². The summed E-state index contributed by atoms with van der Waals surface area (Å²) in [5, 5.41) is 9.18. The zero-order chi connectivity index (χ0) is 11.5. The number of aromatic nitrogens is 1. The Kier molecular flexibility index (Phi) is 3.15. The normalized spacial score (nSPS) is 16.3. The molecular weight excluding hydrogens is 200 g/mol. The second kappa shape index (κ2) is 4.58. The molecule has 84 valence electrons. The molecule has 0 radical (unpaired) electrons. The molecule has 1 atom stereocenters. The van der Waals surface area contributed by atoms with E-state index in [9.17, 15) is 5.11 Å². The quantitative estimate of drug-likeness (QED) is 0.843. The highest BCUT2D eigenvalue weighted by Gasteiger charge is 2.16. The van der Waals surface area contributed by atoms with E-state index in [2.05, 4.69) is 23.0 Å². The molecule has 0 aliphatic carbocycles. The predicted molar refractivity (Wildman–Crippen MR) is 64.5 cm³/mol. The first kappa shape index (κ1) is 11.0. The minimum absolute atomic E-state index is 0.00525. The summed E-state index contributed by atoms with van der Waals surface area (Å²) >= 11 is 0. The van der Waals surface area contributed by atoms with Crippen molar-refractivity contribution in [3.8, 4) is 0 Å². The Morgan fingerprint density at radius 1 is 1.50 bits per heavy atom. The zero-order valence-electron chi connectivity index (χ0n) is 9.64. The van der Waals surface area contributed by atoms with E-state index in [1.807, 2.05) is 19.2 Å². The number of aliphatic hydroxyl groups is 1. The van der Waals surface area contributed by atoms with Crippen LogP contribution in [0.5, 0.6) is 0 Å². The first-order valence-corrected chi connectivity index (χ1v) is 5.52. The topological polar surface area (TPSA) is 45.5 Å². The van der Waals surface area contributed by atoms with Crippen molar-refractivity contribution in [2.24, 2.45) is 4.99 Å². The highest BCUT2D eigenvalue weighted by atomic mass is 16.3. The molecule has 0 aromatic carbocycles. The van der Waals surface area contributed by atoms with Gasteiger partial charge in [0.1, 0.15) is 0 Å². The second-order valence-corrected chi connectivity index (χ2v) is 4.03. The predicted octanol–water partition coefficient (Wildman–Crippen LogP) is 2.34. The summed E-state index contributed by atoms with van der Waals surface area (Å²) in [6.45, 7) is 4.14. The van der Waals surface area contributed by atoms with Crippen LogP contribution in [0.3, 0.4) is 0 Å². The minimum Gasteiger partial charge on any atom is -0.390 e. The van der Waals surface area contributed by atoms with Gasteiger partial charge in [0, 0.05) is 30.4 Å². The van der Waals surface area contributed by atoms with Crippen LogP contribution in [-0.2, 0) is 6.61 Å². The van der Waals surface area contributed by atoms with Crippen molar-refractivity contribution in [3.05, 3.63) is 40.9 Å². The molecule has 0 bridgehead atoms. The van der Waals surface area contributed by atoms with E-state index in [1.54, 1.807) is 6.20 Å². The lowest BCUT2D eigenvalue weighted by molar-refractivity contribution is 0.275. The number of pyridine rings is 1. The van der Waals surface area contributed by atoms with Gasteiger partial charge in [-0.1, -0.05) is 13.0 Å². The highest BCUT2D eigenvalue weighted by molar-refractivity contribution is 5.65. The summed E-state index contributed by atoms with van der Waals surface area (Å²) in [5.41, 5.74) is 4.13. The number of hydrogen-bond acceptors (Lipinski definition) is 3. The van der Waals surface area contributed by atoms with Gasteiger partial charge in [-0.2, -0.15) is 0 Å². The average Bonchev–Trinajstić information content (AvgIpc) is 2.82. The summed E-state index contributed by atoms with van der Waals surface area (Å²) in [4.78, 5) is 8.52. The Morgan fingerprint density at radius 2 is 2.31 bits per heavy atom. The largest absolute Gasteiger partial charge is 0.390 e. The van der Waals surface area contributed by atoms with Crippen LogP contribution in [-0.4, -0.2) is 16.3 Å². The molecule has 0 fully saturated rings. The minimum atomic E-state index is -0.00525. The van der Waals surface area contributed by atoms with Gasteiger partial charge in [0.2, 0.25) is 0 Å². The van der Waals surface area contributed by atoms with Crippen LogP contribution < -0.4 is 0 Å². The first-order valence-electron chi connectivity index (χ1n) is 5.52. The van der Waals surface area contributed by atoms with Crippen molar-refractivity contribution in [3.63, 3.8) is 0 Å². The van der Waals surface area contributed by atoms with Crippen molar-refractivity contribution < 1.29 is 5.11 Å². The molecule has 0 saturated heterocycles. The number of allylic oxidation sites excluding steroid dienone is 2. The van der Waals surface area contributed by atoms with Gasteiger partial charge < -0.3 is 5.11 Å². The van der Waals surface area contributed by atoms with Crippen LogP contribution in [0, 0.1) is 6.92 Å². The number of nitrogens with zero attached hydrogens (tertiary/aromatic N) is 2. The van der Waals surface area contributed by atoms with E-state index in [1.165, 1.54) is 5.56 Å². The Bertz CT molecular complexity index is 449. The van der Waals surface area contributed by atoms with Crippen LogP contribution in [0.4, 0.5) is 0 Å². The Balaban J connectivity index is 2.36. The van der Waals surface area contributed by atoms with Gasteiger partial charge in [-0.25, -0.2) is 0 Å². The Hall–Kier alpha value is -1.48. The third-order valence-corrected chi connectivity index (χ3v) is 3.08. The first-order chi connectivity index (χ1) is 7.74. The molecule has 1 unspecified atom stereocenters. The lowest BCUT2D eigenvalue weighted by atomic mass is 9.93. The van der Waals surface area contributed by atoms with Crippen LogP contribution in [0.2, 0.25) is 0 Å². The molecule has 3 nitrogen and oxygen atoms in total. The molecule has 0 saturated carbocycles. The van der Waals surface area contributed by atoms with Crippen molar-refractivity contribution >= 4 is 6.21 Å². The average molecular weight is 216 g/mol. The maximum atomic E-state index is 9.18. The summed E-state index contributed by atoms with van der Waals surface area (Å²) < 4.78 is 0. The van der Waals surface area contributed by atoms with Crippen LogP contribution >= 0.6 is 0 Å². The number of rotatable bonds is 3. The molecule has 3 heteroatoms. The third-order valence-electron chi connectivity index (χ3n) is 3.08. The molecule has 1 aliphatic heterocycles. The van der Waals surface area contributed by atoms with E-state index in [-0.39, 0.29) is 12.5 Å². The molecule has 16 heavy (non-hydrogen) atoms. The van der Waals surface area contributed by atoms with E-state index in [0.717, 1.165) is 23.4 Å². The lowest BCUT2D eigenvalue weighted by Crippen LogP contribution is -2.03. The smallest absolute Gasteiger partial charge is 0.0855 e. The standard InChI is InChI=1S/C13H16N2O/c1-9(12-4-3-6-14-12)11-5-7-15-13(8-16)10(11)2/h4-7,9,16H,3,8H2,1-2H3. The molecule has 1 aromatic rings. The maximum Gasteiger partial charge on any atom is 0.0855 e. The summed E-state index contributed by atoms with van der Waals surface area (Å²) in [6, 6.07) is 2.01. The highest BCUT2D eigenvalue weighted by Crippen LogP contribution is 2.29. The second-order valence-electron chi connectivity index (χ2n) is 4.03. The van der Waals surface area contributed by atoms with Gasteiger partial charge in [0.25, 0.3) is 0 Å². The number of aliphatic hydroxyl groups excluding tert-OH is 1. The summed E-state index contributed by atoms with van der Waals surface area (Å²) in [7, 11) is 0. The molecule has 2 rings (SSSR count). The zero-order valence-corrected chi connectivity index (χ0v) is 9.64. The molecule has 1 aliphatic rings. The van der Waals surface area contributed by atoms with E-state index >= 15 is 0 Å². The van der Waals surface area contributed by atoms with Gasteiger partial charge in [0.05, 0.1) is 12.3 Å². The van der Waals surface area contributed by atoms with Crippen LogP contribution in [0.25, 0.3) is 0 Å². The van der Waals surface area contributed by atoms with Crippen molar-refractivity contribution in [2.45, 2.75) is 32.8 Å². The SMILES string of the molecule is Cc1c(C(C)C2=CCC=N2)ccnc1CO. The summed E-state index contributed by atoms with van der Waals surface area (Å²) in [6.07, 6.45) is 6.75. The molecular formula is C13H16N2O. The fourth-order valence-corrected chi connectivity index (χ4v) is 2.06. The van der Waals surface area contributed by atoms with Gasteiger partial charge in [0.15, 0.2) is 0 Å². The third kappa shape index (κ3) is 1.91. The fraction of sp³-hybridized carbons (Fsp3) is 0.385. The monoisotopic (exact) mass is 216 g/mol. The van der Waals surface area contributed by atoms with E-state index in [0.29, 0.717) is 0 Å². The van der Waals surface area contributed by atoms with Crippen LogP contribution in [0.1, 0.15) is 36.1 Å². The van der Waals surface area contributed by atoms with Crippen molar-refractivity contribution in [2.75, 3.05) is 0 Å². The fourth-order valence-electron chi connectivity index (χ4n) is 2.06. The van der Waals surface area contributed by atoms with Crippen molar-refractivity contribution in [1.29, 1.82) is 0 Å². The van der Waals surface area contributed by atoms with Gasteiger partial charge in [-0.15, -0.1) is 0 Å². The number of aliphatic imine (C=N–C) groups is 1. The van der Waals surface area contributed by atoms with E-state index in [4.69, 9.17) is 0 Å². The van der Waals surface area contributed by atoms with E-state index < -0.39 is 0 Å². The number of hydrogen-bond donors (Lipinski definition) is 1. The molecule has 1 aromatic heterocycles. The van der Waals surface area contributed by atoms with Gasteiger partial charge in [-0.3, -0.25) is 9.98 Å². The molecule has 1 N–H and O–H groups in total. The van der Waals surface area contributed by atoms with Gasteiger partial charge in [-0.05, 0) is 24.1 Å². The maximum absolute atomic E-state index is 9.18.